The molecule has 0 saturated heterocycles. The van der Waals surface area contributed by atoms with Crippen LogP contribution >= 0.6 is 0 Å². The summed E-state index contributed by atoms with van der Waals surface area (Å²) in [6, 6.07) is -0.653. The molecule has 0 fully saturated rings. The van der Waals surface area contributed by atoms with Gasteiger partial charge >= 0.3 is 5.97 Å². The Balaban J connectivity index is 3.54. The number of unbranched alkanes of at least 4 members (excludes halogenated alkanes) is 34. The first-order chi connectivity index (χ1) is 30.0. The molecule has 3 N–H and O–H groups in total. The van der Waals surface area contributed by atoms with Crippen LogP contribution in [0.2, 0.25) is 0 Å². The number of hydrogen-bond donors (Lipinski definition) is 3. The van der Waals surface area contributed by atoms with Crippen molar-refractivity contribution in [1.82, 2.24) is 5.32 Å². The molecule has 0 aromatic carbocycles. The molecular weight excluding hydrogens is 755 g/mol. The third kappa shape index (κ3) is 47.4. The summed E-state index contributed by atoms with van der Waals surface area (Å²) in [7, 11) is 0. The molecule has 0 rings (SSSR count). The van der Waals surface area contributed by atoms with Crippen molar-refractivity contribution < 1.29 is 24.5 Å². The van der Waals surface area contributed by atoms with Gasteiger partial charge in [0.1, 0.15) is 0 Å². The van der Waals surface area contributed by atoms with Gasteiger partial charge in [0.15, 0.2) is 0 Å². The standard InChI is InChI=1S/C55H103NO5/c1-3-5-7-9-11-13-15-17-19-20-21-22-24-26-28-33-37-41-45-49-55(60)61-50-46-42-38-34-30-29-32-36-40-44-48-54(59)56-52(51-57)53(58)47-43-39-35-31-27-25-23-18-16-14-12-10-8-6-4-2/h17,19,30,34,43,47,52-53,57-58H,3-16,18,20-29,31-33,35-42,44-46,48-51H2,1-2H3,(H,56,59)/b19-17-,34-30-,47-43+. The molecule has 2 atom stereocenters. The summed E-state index contributed by atoms with van der Waals surface area (Å²) in [5, 5.41) is 23.0. The highest BCUT2D eigenvalue weighted by Crippen LogP contribution is 2.15. The first-order valence-corrected chi connectivity index (χ1v) is 26.8. The van der Waals surface area contributed by atoms with Crippen LogP contribution in [0.1, 0.15) is 277 Å². The lowest BCUT2D eigenvalue weighted by Gasteiger charge is -2.20. The van der Waals surface area contributed by atoms with E-state index in [0.29, 0.717) is 19.4 Å². The van der Waals surface area contributed by atoms with E-state index < -0.39 is 12.1 Å². The van der Waals surface area contributed by atoms with E-state index in [1.165, 1.54) is 173 Å². The third-order valence-corrected chi connectivity index (χ3v) is 12.1. The second-order valence-electron chi connectivity index (χ2n) is 18.2. The number of hydrogen-bond acceptors (Lipinski definition) is 5. The van der Waals surface area contributed by atoms with Gasteiger partial charge in [-0.05, 0) is 83.5 Å². The summed E-state index contributed by atoms with van der Waals surface area (Å²) in [5.41, 5.74) is 0. The van der Waals surface area contributed by atoms with Crippen LogP contribution in [-0.4, -0.2) is 47.4 Å². The molecule has 6 nitrogen and oxygen atoms in total. The number of esters is 1. The number of allylic oxidation sites excluding steroid dienone is 5. The first kappa shape index (κ1) is 59.1. The van der Waals surface area contributed by atoms with Gasteiger partial charge in [0.05, 0.1) is 25.4 Å². The zero-order valence-electron chi connectivity index (χ0n) is 40.6. The Labute approximate surface area is 379 Å². The third-order valence-electron chi connectivity index (χ3n) is 12.1. The van der Waals surface area contributed by atoms with E-state index in [9.17, 15) is 19.8 Å². The summed E-state index contributed by atoms with van der Waals surface area (Å²) < 4.78 is 5.44. The minimum absolute atomic E-state index is 0.0393. The SMILES string of the molecule is CCCCCCCC/C=C\CCCCCCCCCCCC(=O)OCCCC/C=C\CCCCCCC(=O)NC(CO)C(O)/C=C/CCCCCCCCCCCCCCC. The van der Waals surface area contributed by atoms with Crippen LogP contribution in [0.5, 0.6) is 0 Å². The number of aliphatic hydroxyl groups excluding tert-OH is 2. The van der Waals surface area contributed by atoms with Crippen LogP contribution in [-0.2, 0) is 14.3 Å². The average molecular weight is 858 g/mol. The van der Waals surface area contributed by atoms with Gasteiger partial charge in [0.25, 0.3) is 0 Å². The molecular formula is C55H103NO5. The molecule has 0 spiro atoms. The molecule has 6 heteroatoms. The fraction of sp³-hybridized carbons (Fsp3) is 0.855. The number of rotatable bonds is 49. The minimum atomic E-state index is -0.866. The number of nitrogens with one attached hydrogen (secondary N) is 1. The molecule has 0 aromatic rings. The molecule has 0 radical (unpaired) electrons. The summed E-state index contributed by atoms with van der Waals surface area (Å²) in [6.45, 7) is 4.81. The number of carbonyl (C=O) groups excluding carboxylic acids is 2. The predicted octanol–water partition coefficient (Wildman–Crippen LogP) is 16.1. The van der Waals surface area contributed by atoms with Gasteiger partial charge in [0.2, 0.25) is 5.91 Å². The molecule has 61 heavy (non-hydrogen) atoms. The van der Waals surface area contributed by atoms with Crippen molar-refractivity contribution in [2.45, 2.75) is 289 Å². The number of carbonyl (C=O) groups is 2. The highest BCUT2D eigenvalue weighted by molar-refractivity contribution is 5.76. The zero-order chi connectivity index (χ0) is 44.4. The monoisotopic (exact) mass is 858 g/mol. The van der Waals surface area contributed by atoms with Crippen LogP contribution in [0, 0.1) is 0 Å². The van der Waals surface area contributed by atoms with E-state index in [-0.39, 0.29) is 18.5 Å². The summed E-state index contributed by atoms with van der Waals surface area (Å²) in [4.78, 5) is 24.5. The van der Waals surface area contributed by atoms with Crippen molar-refractivity contribution >= 4 is 11.9 Å². The van der Waals surface area contributed by atoms with Gasteiger partial charge in [0, 0.05) is 12.8 Å². The molecule has 0 bridgehead atoms. The fourth-order valence-electron chi connectivity index (χ4n) is 7.97. The van der Waals surface area contributed by atoms with E-state index in [0.717, 1.165) is 77.0 Å². The van der Waals surface area contributed by atoms with E-state index >= 15 is 0 Å². The second-order valence-corrected chi connectivity index (χ2v) is 18.2. The van der Waals surface area contributed by atoms with E-state index in [1.807, 2.05) is 6.08 Å². The highest BCUT2D eigenvalue weighted by atomic mass is 16.5. The maximum Gasteiger partial charge on any atom is 0.305 e. The lowest BCUT2D eigenvalue weighted by atomic mass is 10.0. The Kier molecular flexibility index (Phi) is 49.1. The maximum absolute atomic E-state index is 12.4. The lowest BCUT2D eigenvalue weighted by Crippen LogP contribution is -2.45. The van der Waals surface area contributed by atoms with Gasteiger partial charge in [-0.2, -0.15) is 0 Å². The summed E-state index contributed by atoms with van der Waals surface area (Å²) in [5.74, 6) is -0.143. The van der Waals surface area contributed by atoms with Crippen molar-refractivity contribution in [3.8, 4) is 0 Å². The molecule has 358 valence electrons. The van der Waals surface area contributed by atoms with Crippen molar-refractivity contribution in [1.29, 1.82) is 0 Å². The van der Waals surface area contributed by atoms with Gasteiger partial charge in [-0.15, -0.1) is 0 Å². The Hall–Kier alpha value is -1.92. The number of aliphatic hydroxyl groups is 2. The molecule has 0 aliphatic heterocycles. The molecule has 0 saturated carbocycles. The summed E-state index contributed by atoms with van der Waals surface area (Å²) in [6.07, 6.45) is 61.5. The molecule has 0 aliphatic carbocycles. The highest BCUT2D eigenvalue weighted by Gasteiger charge is 2.18. The largest absolute Gasteiger partial charge is 0.466 e. The number of amides is 1. The molecule has 1 amide bonds. The Morgan fingerprint density at radius 3 is 1.16 bits per heavy atom. The average Bonchev–Trinajstić information content (AvgIpc) is 3.26. The number of ether oxygens (including phenoxy) is 1. The summed E-state index contributed by atoms with van der Waals surface area (Å²) >= 11 is 0. The zero-order valence-corrected chi connectivity index (χ0v) is 40.6. The quantitative estimate of drug-likeness (QED) is 0.0322. The van der Waals surface area contributed by atoms with Crippen LogP contribution in [0.4, 0.5) is 0 Å². The molecule has 0 aromatic heterocycles. The van der Waals surface area contributed by atoms with Crippen LogP contribution in [0.25, 0.3) is 0 Å². The van der Waals surface area contributed by atoms with Crippen molar-refractivity contribution in [2.24, 2.45) is 0 Å². The Morgan fingerprint density at radius 1 is 0.443 bits per heavy atom. The van der Waals surface area contributed by atoms with Gasteiger partial charge in [-0.25, -0.2) is 0 Å². The Morgan fingerprint density at radius 2 is 0.770 bits per heavy atom. The maximum atomic E-state index is 12.4. The van der Waals surface area contributed by atoms with Crippen LogP contribution in [0.3, 0.4) is 0 Å². The van der Waals surface area contributed by atoms with Gasteiger partial charge in [-0.1, -0.05) is 217 Å². The molecule has 2 unspecified atom stereocenters. The minimum Gasteiger partial charge on any atom is -0.466 e. The van der Waals surface area contributed by atoms with E-state index in [4.69, 9.17) is 4.74 Å². The topological polar surface area (TPSA) is 95.9 Å². The van der Waals surface area contributed by atoms with E-state index in [2.05, 4.69) is 43.5 Å². The van der Waals surface area contributed by atoms with Crippen molar-refractivity contribution in [2.75, 3.05) is 13.2 Å². The molecule has 0 aliphatic rings. The Bertz CT molecular complexity index is 993. The van der Waals surface area contributed by atoms with Gasteiger partial charge < -0.3 is 20.3 Å². The van der Waals surface area contributed by atoms with Crippen molar-refractivity contribution in [3.05, 3.63) is 36.5 Å². The predicted molar refractivity (Wildman–Crippen MR) is 264 cm³/mol. The molecule has 0 heterocycles. The second kappa shape index (κ2) is 50.7. The smallest absolute Gasteiger partial charge is 0.305 e. The van der Waals surface area contributed by atoms with Gasteiger partial charge in [-0.3, -0.25) is 9.59 Å². The van der Waals surface area contributed by atoms with Crippen molar-refractivity contribution in [3.63, 3.8) is 0 Å². The van der Waals surface area contributed by atoms with Crippen LogP contribution < -0.4 is 5.32 Å². The normalized spacial score (nSPS) is 12.9. The van der Waals surface area contributed by atoms with E-state index in [1.54, 1.807) is 6.08 Å². The lowest BCUT2D eigenvalue weighted by molar-refractivity contribution is -0.143. The fourth-order valence-corrected chi connectivity index (χ4v) is 7.97. The first-order valence-electron chi connectivity index (χ1n) is 26.8. The van der Waals surface area contributed by atoms with Crippen LogP contribution in [0.15, 0.2) is 36.5 Å².